The first-order valence-corrected chi connectivity index (χ1v) is 12.5. The number of nitrogens with zero attached hydrogens (tertiary/aromatic N) is 2. The van der Waals surface area contributed by atoms with Crippen molar-refractivity contribution in [3.63, 3.8) is 0 Å². The van der Waals surface area contributed by atoms with Gasteiger partial charge in [0.15, 0.2) is 9.84 Å². The Hall–Kier alpha value is -3.38. The number of hydrogen-bond acceptors (Lipinski definition) is 6. The fourth-order valence-corrected chi connectivity index (χ4v) is 3.64. The monoisotopic (exact) mass is 511 g/mol. The Labute approximate surface area is 200 Å². The van der Waals surface area contributed by atoms with Crippen molar-refractivity contribution in [2.45, 2.75) is 30.7 Å². The van der Waals surface area contributed by atoms with Crippen molar-refractivity contribution < 1.29 is 35.9 Å². The highest BCUT2D eigenvalue weighted by Crippen LogP contribution is 2.22. The Morgan fingerprint density at radius 2 is 1.74 bits per heavy atom. The molecule has 0 bridgehead atoms. The van der Waals surface area contributed by atoms with E-state index in [1.165, 1.54) is 23.0 Å². The number of rotatable bonds is 10. The van der Waals surface area contributed by atoms with E-state index in [9.17, 15) is 26.4 Å². The summed E-state index contributed by atoms with van der Waals surface area (Å²) in [4.78, 5) is 16.6. The molecule has 0 saturated heterocycles. The van der Waals surface area contributed by atoms with Crippen LogP contribution in [0.3, 0.4) is 0 Å². The van der Waals surface area contributed by atoms with Gasteiger partial charge in [0, 0.05) is 24.6 Å². The van der Waals surface area contributed by atoms with Gasteiger partial charge in [-0.15, -0.1) is 13.2 Å². The van der Waals surface area contributed by atoms with Crippen LogP contribution in [0.4, 0.5) is 18.0 Å². The second kappa shape index (κ2) is 11.4. The van der Waals surface area contributed by atoms with Crippen molar-refractivity contribution in [3.05, 3.63) is 66.6 Å². The van der Waals surface area contributed by atoms with Crippen LogP contribution in [-0.4, -0.2) is 49.8 Å². The Morgan fingerprint density at radius 3 is 2.37 bits per heavy atom. The highest BCUT2D eigenvalue weighted by molar-refractivity contribution is 7.90. The van der Waals surface area contributed by atoms with Gasteiger partial charge in [0.25, 0.3) is 0 Å². The smallest absolute Gasteiger partial charge is 0.489 e. The summed E-state index contributed by atoms with van der Waals surface area (Å²) in [6, 6.07) is 13.1. The van der Waals surface area contributed by atoms with E-state index in [4.69, 9.17) is 4.74 Å². The first kappa shape index (κ1) is 26.2. The standard InChI is InChI=1S/C23H24F3N3O5S/c1-35(31,32)20-10-4-17(5-11-20)15-33-19-8-6-18(7-9-19)21-14-29(16-28-21)22(30)27-12-2-3-13-34-23(24,25)26/h4-11,14,16H,2-3,12-13,15H2,1H3,(H,27,30). The maximum Gasteiger partial charge on any atom is 0.522 e. The summed E-state index contributed by atoms with van der Waals surface area (Å²) in [6.07, 6.45) is -0.0991. The molecule has 0 aliphatic heterocycles. The largest absolute Gasteiger partial charge is 0.522 e. The van der Waals surface area contributed by atoms with Gasteiger partial charge < -0.3 is 10.1 Å². The summed E-state index contributed by atoms with van der Waals surface area (Å²) in [5, 5.41) is 2.61. The van der Waals surface area contributed by atoms with Crippen LogP contribution in [0.1, 0.15) is 18.4 Å². The van der Waals surface area contributed by atoms with Crippen molar-refractivity contribution in [3.8, 4) is 17.0 Å². The summed E-state index contributed by atoms with van der Waals surface area (Å²) >= 11 is 0. The average Bonchev–Trinajstić information content (AvgIpc) is 3.30. The molecule has 188 valence electrons. The van der Waals surface area contributed by atoms with E-state index in [1.807, 2.05) is 0 Å². The minimum Gasteiger partial charge on any atom is -0.489 e. The van der Waals surface area contributed by atoms with Crippen molar-refractivity contribution in [1.29, 1.82) is 0 Å². The lowest BCUT2D eigenvalue weighted by atomic mass is 10.1. The maximum absolute atomic E-state index is 12.2. The zero-order chi connectivity index (χ0) is 25.5. The van der Waals surface area contributed by atoms with E-state index in [0.717, 1.165) is 17.4 Å². The summed E-state index contributed by atoms with van der Waals surface area (Å²) in [5.41, 5.74) is 2.13. The van der Waals surface area contributed by atoms with Gasteiger partial charge in [-0.1, -0.05) is 12.1 Å². The molecule has 8 nitrogen and oxygen atoms in total. The summed E-state index contributed by atoms with van der Waals surface area (Å²) in [5.74, 6) is 0.604. The third-order valence-corrected chi connectivity index (χ3v) is 5.97. The number of benzene rings is 2. The number of sulfone groups is 1. The summed E-state index contributed by atoms with van der Waals surface area (Å²) < 4.78 is 69.4. The van der Waals surface area contributed by atoms with Crippen LogP contribution < -0.4 is 10.1 Å². The van der Waals surface area contributed by atoms with E-state index in [1.54, 1.807) is 42.6 Å². The predicted molar refractivity (Wildman–Crippen MR) is 122 cm³/mol. The number of imidazole rings is 1. The molecule has 1 heterocycles. The second-order valence-corrected chi connectivity index (χ2v) is 9.64. The number of halogens is 3. The van der Waals surface area contributed by atoms with Crippen LogP contribution in [0.5, 0.6) is 5.75 Å². The molecule has 0 aliphatic rings. The minimum absolute atomic E-state index is 0.162. The molecule has 0 saturated carbocycles. The molecule has 2 aromatic carbocycles. The molecule has 3 rings (SSSR count). The molecule has 0 unspecified atom stereocenters. The first-order valence-electron chi connectivity index (χ1n) is 10.6. The Balaban J connectivity index is 1.46. The molecule has 1 aromatic heterocycles. The van der Waals surface area contributed by atoms with Crippen LogP contribution in [0.25, 0.3) is 11.3 Å². The van der Waals surface area contributed by atoms with Crippen molar-refractivity contribution in [1.82, 2.24) is 14.9 Å². The maximum atomic E-state index is 12.2. The van der Waals surface area contributed by atoms with Crippen LogP contribution >= 0.6 is 0 Å². The van der Waals surface area contributed by atoms with Crippen LogP contribution in [-0.2, 0) is 21.2 Å². The number of nitrogens with one attached hydrogen (secondary N) is 1. The SMILES string of the molecule is CS(=O)(=O)c1ccc(COc2ccc(-c3cn(C(=O)NCCCCOC(F)(F)F)cn3)cc2)cc1. The highest BCUT2D eigenvalue weighted by atomic mass is 32.2. The predicted octanol–water partition coefficient (Wildman–Crippen LogP) is 4.41. The zero-order valence-corrected chi connectivity index (χ0v) is 19.6. The number of unbranched alkanes of at least 4 members (excludes halogenated alkanes) is 1. The number of alkyl halides is 3. The van der Waals surface area contributed by atoms with E-state index >= 15 is 0 Å². The molecular formula is C23H24F3N3O5S. The van der Waals surface area contributed by atoms with Gasteiger partial charge in [0.05, 0.1) is 17.2 Å². The van der Waals surface area contributed by atoms with E-state index in [-0.39, 0.29) is 24.5 Å². The first-order chi connectivity index (χ1) is 16.5. The lowest BCUT2D eigenvalue weighted by Crippen LogP contribution is -2.28. The molecule has 12 heteroatoms. The molecule has 0 aliphatic carbocycles. The van der Waals surface area contributed by atoms with Crippen molar-refractivity contribution in [2.24, 2.45) is 0 Å². The van der Waals surface area contributed by atoms with Crippen LogP contribution in [0.15, 0.2) is 66.0 Å². The molecule has 35 heavy (non-hydrogen) atoms. The number of hydrogen-bond donors (Lipinski definition) is 1. The molecule has 3 aromatic rings. The van der Waals surface area contributed by atoms with Crippen molar-refractivity contribution >= 4 is 15.9 Å². The number of amides is 1. The Kier molecular flexibility index (Phi) is 8.52. The van der Waals surface area contributed by atoms with Gasteiger partial charge in [-0.2, -0.15) is 0 Å². The third kappa shape index (κ3) is 8.41. The second-order valence-electron chi connectivity index (χ2n) is 7.63. The summed E-state index contributed by atoms with van der Waals surface area (Å²) in [7, 11) is -3.25. The van der Waals surface area contributed by atoms with Crippen molar-refractivity contribution in [2.75, 3.05) is 19.4 Å². The highest BCUT2D eigenvalue weighted by Gasteiger charge is 2.28. The molecule has 1 amide bonds. The lowest BCUT2D eigenvalue weighted by molar-refractivity contribution is -0.324. The van der Waals surface area contributed by atoms with Gasteiger partial charge in [-0.3, -0.25) is 9.30 Å². The number of ether oxygens (including phenoxy) is 2. The van der Waals surface area contributed by atoms with Gasteiger partial charge in [-0.05, 0) is 54.8 Å². The number of carbonyl (C=O) groups is 1. The van der Waals surface area contributed by atoms with E-state index in [0.29, 0.717) is 17.9 Å². The molecule has 1 N–H and O–H groups in total. The minimum atomic E-state index is -4.64. The third-order valence-electron chi connectivity index (χ3n) is 4.84. The van der Waals surface area contributed by atoms with Gasteiger partial charge in [-0.25, -0.2) is 18.2 Å². The van der Waals surface area contributed by atoms with Crippen LogP contribution in [0, 0.1) is 0 Å². The molecule has 0 spiro atoms. The molecular weight excluding hydrogens is 487 g/mol. The fraction of sp³-hybridized carbons (Fsp3) is 0.304. The van der Waals surface area contributed by atoms with E-state index < -0.39 is 28.8 Å². The van der Waals surface area contributed by atoms with E-state index in [2.05, 4.69) is 15.0 Å². The Bertz CT molecular complexity index is 1220. The topological polar surface area (TPSA) is 99.5 Å². The fourth-order valence-electron chi connectivity index (χ4n) is 3.01. The molecule has 0 fully saturated rings. The lowest BCUT2D eigenvalue weighted by Gasteiger charge is -2.08. The molecule has 0 radical (unpaired) electrons. The van der Waals surface area contributed by atoms with Gasteiger partial charge in [0.1, 0.15) is 18.7 Å². The normalized spacial score (nSPS) is 11.9. The Morgan fingerprint density at radius 1 is 1.06 bits per heavy atom. The van der Waals surface area contributed by atoms with Gasteiger partial charge in [0.2, 0.25) is 0 Å². The van der Waals surface area contributed by atoms with Crippen LogP contribution in [0.2, 0.25) is 0 Å². The number of carbonyl (C=O) groups excluding carboxylic acids is 1. The zero-order valence-electron chi connectivity index (χ0n) is 18.8. The average molecular weight is 512 g/mol. The quantitative estimate of drug-likeness (QED) is 0.405. The number of aromatic nitrogens is 2. The summed E-state index contributed by atoms with van der Waals surface area (Å²) in [6.45, 7) is 0.0147. The molecule has 0 atom stereocenters. The van der Waals surface area contributed by atoms with Gasteiger partial charge >= 0.3 is 12.4 Å².